The summed E-state index contributed by atoms with van der Waals surface area (Å²) in [7, 11) is 5.97. The maximum atomic E-state index is 13.4. The lowest BCUT2D eigenvalue weighted by Crippen LogP contribution is -2.37. The van der Waals surface area contributed by atoms with E-state index in [0.29, 0.717) is 40.2 Å². The molecule has 2 aromatic rings. The lowest BCUT2D eigenvalue weighted by molar-refractivity contribution is 0.0602. The van der Waals surface area contributed by atoms with Gasteiger partial charge in [-0.15, -0.1) is 0 Å². The van der Waals surface area contributed by atoms with Crippen LogP contribution in [0.15, 0.2) is 23.2 Å². The quantitative estimate of drug-likeness (QED) is 0.400. The second-order valence-electron chi connectivity index (χ2n) is 6.32. The predicted molar refractivity (Wildman–Crippen MR) is 100 cm³/mol. The monoisotopic (exact) mass is 370 g/mol. The molecule has 2 heterocycles. The summed E-state index contributed by atoms with van der Waals surface area (Å²) >= 11 is 0. The number of hydroxylamine groups is 1. The highest BCUT2D eigenvalue weighted by Crippen LogP contribution is 2.29. The van der Waals surface area contributed by atoms with Crippen molar-refractivity contribution < 1.29 is 14.3 Å². The molecular formula is C17H20BFN6O2. The van der Waals surface area contributed by atoms with E-state index >= 15 is 0 Å². The first kappa shape index (κ1) is 19.2. The summed E-state index contributed by atoms with van der Waals surface area (Å²) in [6.07, 6.45) is 0.431. The molecule has 0 aliphatic carbocycles. The average Bonchev–Trinajstić information content (AvgIpc) is 2.60. The van der Waals surface area contributed by atoms with E-state index in [0.717, 1.165) is 0 Å². The summed E-state index contributed by atoms with van der Waals surface area (Å²) < 4.78 is 13.4. The Bertz CT molecular complexity index is 879. The summed E-state index contributed by atoms with van der Waals surface area (Å²) in [6, 6.07) is 3.25. The molecule has 140 valence electrons. The highest BCUT2D eigenvalue weighted by Gasteiger charge is 2.27. The number of aliphatic hydroxyl groups excluding tert-OH is 1. The van der Waals surface area contributed by atoms with E-state index in [9.17, 15) is 4.39 Å². The Kier molecular flexibility index (Phi) is 5.69. The molecule has 8 nitrogen and oxygen atoms in total. The van der Waals surface area contributed by atoms with Crippen molar-refractivity contribution in [3.63, 3.8) is 0 Å². The number of nitrogens with one attached hydrogen (secondary N) is 1. The number of aryl methyl sites for hydroxylation is 1. The molecule has 0 bridgehead atoms. The molecule has 0 amide bonds. The van der Waals surface area contributed by atoms with Gasteiger partial charge in [-0.1, -0.05) is 11.5 Å². The number of nitrogens with zero attached hydrogens (tertiary/aromatic N) is 3. The second-order valence-corrected chi connectivity index (χ2v) is 6.32. The number of aliphatic imine (C=N–C) groups is 1. The third-order valence-electron chi connectivity index (χ3n) is 4.20. The number of fused-ring (bicyclic) bond motifs is 1. The number of amidine groups is 1. The van der Waals surface area contributed by atoms with Crippen LogP contribution < -0.4 is 22.4 Å². The van der Waals surface area contributed by atoms with Gasteiger partial charge in [0.1, 0.15) is 13.7 Å². The van der Waals surface area contributed by atoms with Crippen LogP contribution in [-0.2, 0) is 11.3 Å². The number of nitrogen functional groups attached to an aromatic ring is 1. The maximum absolute atomic E-state index is 13.4. The van der Waals surface area contributed by atoms with E-state index in [-0.39, 0.29) is 19.2 Å². The zero-order chi connectivity index (χ0) is 19.6. The predicted octanol–water partition coefficient (Wildman–Crippen LogP) is -0.815. The molecule has 0 saturated heterocycles. The summed E-state index contributed by atoms with van der Waals surface area (Å²) in [5.74, 6) is 0.132. The van der Waals surface area contributed by atoms with Crippen molar-refractivity contribution >= 4 is 25.1 Å². The van der Waals surface area contributed by atoms with Crippen molar-refractivity contribution in [3.8, 4) is 0 Å². The molecule has 2 radical (unpaired) electrons. The SMILES string of the molecule is [B]c1cc(F)ccc1[C@H]1Cc2nc(N)nc(C)c2C(NOC[C@H](N)CO)=N1. The van der Waals surface area contributed by atoms with Gasteiger partial charge in [0.15, 0.2) is 5.84 Å². The Hall–Kier alpha value is -2.56. The van der Waals surface area contributed by atoms with Gasteiger partial charge in [-0.2, -0.15) is 0 Å². The number of halogens is 1. The lowest BCUT2D eigenvalue weighted by Gasteiger charge is -2.26. The first-order valence-corrected chi connectivity index (χ1v) is 8.39. The Morgan fingerprint density at radius 3 is 2.93 bits per heavy atom. The van der Waals surface area contributed by atoms with Crippen LogP contribution in [0.3, 0.4) is 0 Å². The number of aliphatic hydroxyl groups is 1. The Balaban J connectivity index is 1.96. The number of hydrogen-bond acceptors (Lipinski definition) is 8. The van der Waals surface area contributed by atoms with Crippen LogP contribution in [-0.4, -0.2) is 48.0 Å². The van der Waals surface area contributed by atoms with Gasteiger partial charge in [-0.25, -0.2) is 19.8 Å². The number of benzene rings is 1. The summed E-state index contributed by atoms with van der Waals surface area (Å²) in [5, 5.41) is 9.01. The number of aromatic nitrogens is 2. The average molecular weight is 370 g/mol. The van der Waals surface area contributed by atoms with Gasteiger partial charge in [0.05, 0.1) is 42.2 Å². The highest BCUT2D eigenvalue weighted by atomic mass is 19.1. The molecule has 0 spiro atoms. The fraction of sp³-hybridized carbons (Fsp3) is 0.353. The minimum absolute atomic E-state index is 0.0725. The van der Waals surface area contributed by atoms with Crippen LogP contribution in [0.4, 0.5) is 10.3 Å². The summed E-state index contributed by atoms with van der Waals surface area (Å²) in [4.78, 5) is 18.5. The van der Waals surface area contributed by atoms with Gasteiger partial charge in [-0.3, -0.25) is 9.83 Å². The van der Waals surface area contributed by atoms with Crippen molar-refractivity contribution in [2.24, 2.45) is 10.7 Å². The topological polar surface area (TPSA) is 132 Å². The number of anilines is 1. The highest BCUT2D eigenvalue weighted by molar-refractivity contribution is 6.33. The fourth-order valence-corrected chi connectivity index (χ4v) is 2.94. The van der Waals surface area contributed by atoms with Crippen LogP contribution in [0.5, 0.6) is 0 Å². The van der Waals surface area contributed by atoms with Crippen molar-refractivity contribution in [2.75, 3.05) is 18.9 Å². The fourth-order valence-electron chi connectivity index (χ4n) is 2.94. The minimum Gasteiger partial charge on any atom is -0.395 e. The molecule has 27 heavy (non-hydrogen) atoms. The summed E-state index contributed by atoms with van der Waals surface area (Å²) in [6.45, 7) is 1.65. The largest absolute Gasteiger partial charge is 0.395 e. The van der Waals surface area contributed by atoms with Gasteiger partial charge < -0.3 is 16.6 Å². The first-order valence-electron chi connectivity index (χ1n) is 8.39. The van der Waals surface area contributed by atoms with Gasteiger partial charge in [0.2, 0.25) is 5.95 Å². The van der Waals surface area contributed by atoms with Crippen molar-refractivity contribution in [1.29, 1.82) is 0 Å². The Morgan fingerprint density at radius 2 is 2.22 bits per heavy atom. The molecule has 1 aromatic heterocycles. The standard InChI is InChI=1S/C17H20BFN6O2/c1-8-15-14(24-17(21)22-8)5-13(11-3-2-9(19)4-12(11)18)23-16(15)25-27-7-10(20)6-26/h2-4,10,13,26H,5-7,20H2,1H3,(H,23,25)(H2,21,22,24)/t10-,13-/m1/s1. The molecule has 1 aromatic carbocycles. The van der Waals surface area contributed by atoms with Crippen LogP contribution in [0.2, 0.25) is 0 Å². The van der Waals surface area contributed by atoms with Crippen LogP contribution in [0.25, 0.3) is 0 Å². The smallest absolute Gasteiger partial charge is 0.220 e. The van der Waals surface area contributed by atoms with E-state index in [2.05, 4.69) is 20.4 Å². The van der Waals surface area contributed by atoms with E-state index in [1.807, 2.05) is 0 Å². The molecule has 2 atom stereocenters. The molecule has 0 unspecified atom stereocenters. The van der Waals surface area contributed by atoms with Crippen LogP contribution in [0.1, 0.15) is 28.6 Å². The Morgan fingerprint density at radius 1 is 1.44 bits per heavy atom. The van der Waals surface area contributed by atoms with E-state index in [4.69, 9.17) is 29.3 Å². The zero-order valence-corrected chi connectivity index (χ0v) is 14.8. The lowest BCUT2D eigenvalue weighted by atomic mass is 9.84. The van der Waals surface area contributed by atoms with Gasteiger partial charge in [0, 0.05) is 6.42 Å². The van der Waals surface area contributed by atoms with E-state index in [1.165, 1.54) is 12.1 Å². The van der Waals surface area contributed by atoms with Gasteiger partial charge >= 0.3 is 0 Å². The molecule has 0 fully saturated rings. The number of hydrogen-bond donors (Lipinski definition) is 4. The minimum atomic E-state index is -0.534. The van der Waals surface area contributed by atoms with Gasteiger partial charge in [-0.05, 0) is 24.6 Å². The van der Waals surface area contributed by atoms with Crippen LogP contribution in [0, 0.1) is 12.7 Å². The maximum Gasteiger partial charge on any atom is 0.220 e. The molecule has 10 heteroatoms. The molecule has 0 saturated carbocycles. The Labute approximate surface area is 157 Å². The summed E-state index contributed by atoms with van der Waals surface area (Å²) in [5.41, 5.74) is 17.2. The normalized spacial score (nSPS) is 17.2. The molecule has 1 aliphatic rings. The second kappa shape index (κ2) is 7.99. The molecule has 6 N–H and O–H groups in total. The van der Waals surface area contributed by atoms with Crippen molar-refractivity contribution in [1.82, 2.24) is 15.4 Å². The molecule has 3 rings (SSSR count). The van der Waals surface area contributed by atoms with E-state index in [1.54, 1.807) is 13.0 Å². The first-order chi connectivity index (χ1) is 12.9. The van der Waals surface area contributed by atoms with E-state index < -0.39 is 17.9 Å². The number of nitrogens with two attached hydrogens (primary N) is 2. The third kappa shape index (κ3) is 4.24. The molecular weight excluding hydrogens is 350 g/mol. The third-order valence-corrected chi connectivity index (χ3v) is 4.20. The van der Waals surface area contributed by atoms with Crippen molar-refractivity contribution in [3.05, 3.63) is 46.5 Å². The van der Waals surface area contributed by atoms with Crippen LogP contribution >= 0.6 is 0 Å². The van der Waals surface area contributed by atoms with Crippen molar-refractivity contribution in [2.45, 2.75) is 25.4 Å². The van der Waals surface area contributed by atoms with Gasteiger partial charge in [0.25, 0.3) is 0 Å². The molecule has 1 aliphatic heterocycles. The zero-order valence-electron chi connectivity index (χ0n) is 14.8. The number of rotatable bonds is 5.